The Hall–Kier alpha value is -7.81. The van der Waals surface area contributed by atoms with Gasteiger partial charge in [-0.15, -0.1) is 34.0 Å². The van der Waals surface area contributed by atoms with Crippen LogP contribution in [0.15, 0.2) is 120 Å². The van der Waals surface area contributed by atoms with Crippen molar-refractivity contribution in [2.75, 3.05) is 28.9 Å². The first kappa shape index (κ1) is 71.9. The molecule has 6 fully saturated rings. The monoisotopic (exact) mass is 1380 g/mol. The molecule has 17 nitrogen and oxygen atoms in total. The van der Waals surface area contributed by atoms with Gasteiger partial charge < -0.3 is 39.7 Å². The molecule has 6 aromatic rings. The highest BCUT2D eigenvalue weighted by atomic mass is 32.1. The molecule has 3 aromatic heterocycles. The van der Waals surface area contributed by atoms with Crippen LogP contribution in [0.3, 0.4) is 0 Å². The van der Waals surface area contributed by atoms with Crippen molar-refractivity contribution < 1.29 is 58.6 Å². The second-order valence-corrected chi connectivity index (χ2v) is 30.6. The minimum atomic E-state index is -1.00. The summed E-state index contributed by atoms with van der Waals surface area (Å²) in [6, 6.07) is 35.1. The quantitative estimate of drug-likeness (QED) is 0.0495. The number of carbonyl (C=O) groups is 7. The van der Waals surface area contributed by atoms with Gasteiger partial charge in [-0.25, -0.2) is 14.4 Å². The number of esters is 2. The first-order valence-corrected chi connectivity index (χ1v) is 37.3. The van der Waals surface area contributed by atoms with Gasteiger partial charge >= 0.3 is 17.9 Å². The second kappa shape index (κ2) is 34.1. The van der Waals surface area contributed by atoms with Gasteiger partial charge in [-0.05, 0) is 194 Å². The van der Waals surface area contributed by atoms with Crippen molar-refractivity contribution in [3.05, 3.63) is 124 Å². The van der Waals surface area contributed by atoms with E-state index < -0.39 is 17.9 Å². The molecule has 0 spiro atoms. The number of aromatic carboxylic acids is 1. The van der Waals surface area contributed by atoms with E-state index >= 15 is 0 Å². The summed E-state index contributed by atoms with van der Waals surface area (Å²) >= 11 is 3.97. The number of methoxy groups -OCH3 is 2. The zero-order valence-electron chi connectivity index (χ0n) is 56.5. The Labute approximate surface area is 581 Å². The summed E-state index contributed by atoms with van der Waals surface area (Å²) in [5.74, 6) is 0.465. The van der Waals surface area contributed by atoms with Crippen LogP contribution in [-0.2, 0) is 28.7 Å². The van der Waals surface area contributed by atoms with Crippen molar-refractivity contribution in [2.45, 2.75) is 193 Å². The van der Waals surface area contributed by atoms with Crippen LogP contribution < -0.4 is 14.7 Å². The molecule has 3 heterocycles. The van der Waals surface area contributed by atoms with E-state index in [0.717, 1.165) is 120 Å². The average Bonchev–Trinajstić information content (AvgIpc) is 1.66. The lowest BCUT2D eigenvalue weighted by molar-refractivity contribution is -0.125. The fourth-order valence-corrected chi connectivity index (χ4v) is 18.1. The van der Waals surface area contributed by atoms with Crippen LogP contribution in [0, 0.1) is 35.5 Å². The van der Waals surface area contributed by atoms with Crippen molar-refractivity contribution in [3.8, 4) is 31.3 Å². The summed E-state index contributed by atoms with van der Waals surface area (Å²) in [5, 5.41) is 35.1. The third kappa shape index (κ3) is 17.7. The van der Waals surface area contributed by atoms with Gasteiger partial charge in [0.1, 0.15) is 20.4 Å². The lowest BCUT2D eigenvalue weighted by Crippen LogP contribution is -2.46. The molecule has 0 atom stereocenters. The maximum absolute atomic E-state index is 14.0. The molecule has 0 bridgehead atoms. The summed E-state index contributed by atoms with van der Waals surface area (Å²) in [6.07, 6.45) is 19.1. The van der Waals surface area contributed by atoms with Gasteiger partial charge in [0.2, 0.25) is 17.7 Å². The Kier molecular flexibility index (Phi) is 25.3. The number of carboxylic acid groups (broad SMARTS) is 1. The number of hydrogen-bond donors (Lipinski definition) is 3. The molecular weight excluding hydrogens is 1280 g/mol. The first-order valence-electron chi connectivity index (χ1n) is 34.8. The molecule has 97 heavy (non-hydrogen) atoms. The van der Waals surface area contributed by atoms with Crippen LogP contribution in [0.4, 0.5) is 17.1 Å². The minimum Gasteiger partial charge on any atom is -0.477 e. The molecule has 20 heteroatoms. The smallest absolute Gasteiger partial charge is 0.350 e. The average molecular weight is 1380 g/mol. The van der Waals surface area contributed by atoms with Gasteiger partial charge in [0.25, 0.3) is 0 Å². The molecule has 12 rings (SSSR count). The molecule has 0 radical (unpaired) electrons. The maximum atomic E-state index is 14.0. The van der Waals surface area contributed by atoms with E-state index in [0.29, 0.717) is 122 Å². The van der Waals surface area contributed by atoms with E-state index in [-0.39, 0.29) is 64.3 Å². The fraction of sp³-hybridized carbons (Fsp3) is 0.494. The molecule has 0 aliphatic heterocycles. The zero-order valence-corrected chi connectivity index (χ0v) is 59.0. The van der Waals surface area contributed by atoms with Crippen molar-refractivity contribution >= 4 is 104 Å². The summed E-state index contributed by atoms with van der Waals surface area (Å²) in [5.41, 5.74) is 6.29. The minimum absolute atomic E-state index is 0.0281. The molecule has 3 amide bonds. The molecule has 516 valence electrons. The van der Waals surface area contributed by atoms with E-state index in [2.05, 4.69) is 31.1 Å². The van der Waals surface area contributed by atoms with Crippen LogP contribution in [0.1, 0.15) is 204 Å². The van der Waals surface area contributed by atoms with E-state index in [1.165, 1.54) is 48.2 Å². The third-order valence-electron chi connectivity index (χ3n) is 20.8. The number of rotatable bonds is 15. The third-order valence-corrected chi connectivity index (χ3v) is 24.3. The number of ether oxygens (including phenoxy) is 2. The van der Waals surface area contributed by atoms with Crippen LogP contribution in [-0.4, -0.2) is 101 Å². The lowest BCUT2D eigenvalue weighted by atomic mass is 9.81. The molecule has 6 aliphatic carbocycles. The lowest BCUT2D eigenvalue weighted by Gasteiger charge is -2.38. The van der Waals surface area contributed by atoms with Gasteiger partial charge in [0, 0.05) is 63.4 Å². The maximum Gasteiger partial charge on any atom is 0.350 e. The summed E-state index contributed by atoms with van der Waals surface area (Å²) < 4.78 is 10.2. The van der Waals surface area contributed by atoms with Gasteiger partial charge in [-0.1, -0.05) is 122 Å². The van der Waals surface area contributed by atoms with Crippen molar-refractivity contribution in [1.82, 2.24) is 0 Å². The molecule has 0 saturated heterocycles. The number of Topliss-reactive ketones (excluding diaryl/α,β-unsaturated/α-hetero) is 1. The predicted molar refractivity (Wildman–Crippen MR) is 385 cm³/mol. The van der Waals surface area contributed by atoms with Crippen molar-refractivity contribution in [1.29, 1.82) is 0 Å². The number of carboxylic acids is 1. The summed E-state index contributed by atoms with van der Waals surface area (Å²) in [7, 11) is 2.76. The van der Waals surface area contributed by atoms with E-state index in [1.807, 2.05) is 119 Å². The zero-order chi connectivity index (χ0) is 68.7. The molecule has 3 N–H and O–H groups in total. The number of thiophene rings is 3. The van der Waals surface area contributed by atoms with E-state index in [4.69, 9.17) is 14.7 Å². The largest absolute Gasteiger partial charge is 0.477 e. The first-order chi connectivity index (χ1) is 47.0. The van der Waals surface area contributed by atoms with Crippen LogP contribution in [0.5, 0.6) is 0 Å². The van der Waals surface area contributed by atoms with Gasteiger partial charge in [-0.3, -0.25) is 19.2 Å². The molecule has 3 aromatic carbocycles. The van der Waals surface area contributed by atoms with Crippen LogP contribution in [0.25, 0.3) is 31.3 Å². The number of carbonyl (C=O) groups excluding carboxylic acids is 6. The molecule has 6 saturated carbocycles. The SMILES string of the molecule is CC1CCC(C(=O)N(c2cc(-c3ccccc3)sc2C(=O)O)C2CCC(=NO)CC2)CC1.COC(=O)c1sc(-c2ccccc2)cc1N(C(=O)C1CCC(C)CC1)C1CCC(=NO)CC1.COC(=O)c1sc(-c2ccccc2)cc1N(C(=O)C1CCC(C)CC1)C1CCC(=O)CC1. The number of oxime groups is 2. The Morgan fingerprint density at radius 1 is 0.402 bits per heavy atom. The van der Waals surface area contributed by atoms with Crippen LogP contribution in [0.2, 0.25) is 0 Å². The van der Waals surface area contributed by atoms with Crippen molar-refractivity contribution in [3.63, 3.8) is 0 Å². The number of hydrogen-bond acceptors (Lipinski definition) is 16. The second-order valence-electron chi connectivity index (χ2n) is 27.4. The normalized spacial score (nSPS) is 22.8. The Bertz CT molecular complexity index is 3720. The van der Waals surface area contributed by atoms with Crippen molar-refractivity contribution in [2.24, 2.45) is 45.8 Å². The highest BCUT2D eigenvalue weighted by Crippen LogP contribution is 2.46. The number of nitrogens with zero attached hydrogens (tertiary/aromatic N) is 5. The molecular formula is C77H93N5O12S3. The van der Waals surface area contributed by atoms with E-state index in [1.54, 1.807) is 4.90 Å². The predicted octanol–water partition coefficient (Wildman–Crippen LogP) is 18.1. The Morgan fingerprint density at radius 3 is 0.938 bits per heavy atom. The molecule has 0 unspecified atom stereocenters. The Morgan fingerprint density at radius 2 is 0.670 bits per heavy atom. The van der Waals surface area contributed by atoms with Crippen LogP contribution >= 0.6 is 34.0 Å². The highest BCUT2D eigenvalue weighted by Gasteiger charge is 2.41. The van der Waals surface area contributed by atoms with E-state index in [9.17, 15) is 43.9 Å². The summed E-state index contributed by atoms with van der Waals surface area (Å²) in [6.45, 7) is 6.71. The summed E-state index contributed by atoms with van der Waals surface area (Å²) in [4.78, 5) is 101. The topological polar surface area (TPSA) is 233 Å². The van der Waals surface area contributed by atoms with Gasteiger partial charge in [0.05, 0.1) is 42.7 Å². The van der Waals surface area contributed by atoms with Gasteiger partial charge in [-0.2, -0.15) is 0 Å². The standard InChI is InChI=1S/C26H32N2O4S.C26H31NO4S.C25H30N2O4S/c1-17-8-10-19(11-9-17)25(29)28(21-14-12-20(27-31)13-15-21)22-16-23(18-6-4-3-5-7-18)33-24(22)26(30)32-2;1-17-8-10-19(11-9-17)25(29)27(20-12-14-21(28)15-13-20)22-16-23(18-6-4-3-5-7-18)32-24(22)26(30)31-2;1-16-7-9-18(10-8-16)24(28)27(20-13-11-19(26-31)12-14-20)21-15-22(32-23(21)25(29)30)17-5-3-2-4-6-17/h3-7,16-17,19,21,31H,8-15H2,1-2H3;3-7,16-17,19-20H,8-15H2,1-2H3;2-6,15-16,18,20,31H,7-14H2,1H3,(H,29,30). The number of ketones is 1. The fourth-order valence-electron chi connectivity index (χ4n) is 14.9. The molecule has 6 aliphatic rings. The Balaban J connectivity index is 0.000000158. The van der Waals surface area contributed by atoms with Gasteiger partial charge in [0.15, 0.2) is 0 Å². The highest BCUT2D eigenvalue weighted by molar-refractivity contribution is 7.18. The number of amides is 3. The number of anilines is 3. The number of benzene rings is 3.